The van der Waals surface area contributed by atoms with E-state index in [1.807, 2.05) is 0 Å². The van der Waals surface area contributed by atoms with Crippen molar-refractivity contribution in [2.75, 3.05) is 12.4 Å². The van der Waals surface area contributed by atoms with Crippen molar-refractivity contribution in [3.8, 4) is 5.75 Å². The highest BCUT2D eigenvalue weighted by molar-refractivity contribution is 6.04. The number of H-pyrrole nitrogens is 1. The first-order chi connectivity index (χ1) is 10.3. The summed E-state index contributed by atoms with van der Waals surface area (Å²) in [6.07, 6.45) is -4.68. The van der Waals surface area contributed by atoms with Gasteiger partial charge >= 0.3 is 6.18 Å². The van der Waals surface area contributed by atoms with Crippen molar-refractivity contribution in [2.24, 2.45) is 0 Å². The molecule has 22 heavy (non-hydrogen) atoms. The minimum absolute atomic E-state index is 0.351. The molecule has 0 bridgehead atoms. The molecule has 0 aliphatic carbocycles. The van der Waals surface area contributed by atoms with Crippen molar-refractivity contribution >= 4 is 11.6 Å². The van der Waals surface area contributed by atoms with Gasteiger partial charge in [-0.2, -0.15) is 13.2 Å². The lowest BCUT2D eigenvalue weighted by molar-refractivity contribution is -0.141. The molecule has 0 fully saturated rings. The lowest BCUT2D eigenvalue weighted by Crippen LogP contribution is -2.25. The molecule has 1 heterocycles. The van der Waals surface area contributed by atoms with Gasteiger partial charge in [0.25, 0.3) is 11.5 Å². The fourth-order valence-corrected chi connectivity index (χ4v) is 1.72. The molecule has 1 amide bonds. The number of ether oxygens (including phenoxy) is 1. The summed E-state index contributed by atoms with van der Waals surface area (Å²) in [5.41, 5.74) is -2.40. The Bertz CT molecular complexity index is 753. The minimum atomic E-state index is -4.68. The van der Waals surface area contributed by atoms with Gasteiger partial charge in [-0.05, 0) is 24.3 Å². The molecule has 1 aromatic heterocycles. The lowest BCUT2D eigenvalue weighted by Gasteiger charge is -2.08. The number of carbonyl (C=O) groups excluding carboxylic acids is 1. The van der Waals surface area contributed by atoms with Crippen molar-refractivity contribution in [2.45, 2.75) is 6.18 Å². The standard InChI is InChI=1S/C14H11F3N2O3/c1-22-9-4-2-3-8(7-9)18-12(20)10-5-6-11(14(15,16)17)19-13(10)21/h2-7H,1H3,(H,18,20)(H,19,21). The molecule has 5 nitrogen and oxygen atoms in total. The van der Waals surface area contributed by atoms with Gasteiger partial charge in [0.1, 0.15) is 17.0 Å². The number of pyridine rings is 1. The number of aromatic nitrogens is 1. The summed E-state index contributed by atoms with van der Waals surface area (Å²) >= 11 is 0. The number of anilines is 1. The van der Waals surface area contributed by atoms with Crippen LogP contribution in [0, 0.1) is 0 Å². The Morgan fingerprint density at radius 3 is 2.55 bits per heavy atom. The Labute approximate surface area is 122 Å². The summed E-state index contributed by atoms with van der Waals surface area (Å²) in [5.74, 6) is -0.331. The van der Waals surface area contributed by atoms with Crippen LogP contribution in [0.1, 0.15) is 16.1 Å². The molecule has 0 aliphatic rings. The summed E-state index contributed by atoms with van der Waals surface area (Å²) in [5, 5.41) is 2.41. The summed E-state index contributed by atoms with van der Waals surface area (Å²) in [6.45, 7) is 0. The van der Waals surface area contributed by atoms with Crippen LogP contribution < -0.4 is 15.6 Å². The molecule has 2 N–H and O–H groups in total. The number of benzene rings is 1. The second kappa shape index (κ2) is 5.92. The number of methoxy groups -OCH3 is 1. The molecule has 8 heteroatoms. The Hall–Kier alpha value is -2.77. The Balaban J connectivity index is 2.25. The molecule has 0 saturated carbocycles. The molecular formula is C14H11F3N2O3. The van der Waals surface area contributed by atoms with E-state index in [4.69, 9.17) is 4.74 Å². The van der Waals surface area contributed by atoms with E-state index in [2.05, 4.69) is 5.32 Å². The number of aromatic amines is 1. The van der Waals surface area contributed by atoms with Crippen LogP contribution >= 0.6 is 0 Å². The highest BCUT2D eigenvalue weighted by Crippen LogP contribution is 2.26. The second-order valence-electron chi connectivity index (χ2n) is 4.30. The maximum absolute atomic E-state index is 12.4. The van der Waals surface area contributed by atoms with Gasteiger partial charge in [-0.1, -0.05) is 6.07 Å². The van der Waals surface area contributed by atoms with Gasteiger partial charge in [0.15, 0.2) is 0 Å². The zero-order valence-electron chi connectivity index (χ0n) is 11.3. The van der Waals surface area contributed by atoms with Crippen LogP contribution in [0.5, 0.6) is 5.75 Å². The molecule has 0 aliphatic heterocycles. The summed E-state index contributed by atoms with van der Waals surface area (Å²) in [7, 11) is 1.45. The predicted octanol–water partition coefficient (Wildman–Crippen LogP) is 2.65. The monoisotopic (exact) mass is 312 g/mol. The van der Waals surface area contributed by atoms with Gasteiger partial charge in [-0.25, -0.2) is 0 Å². The molecule has 0 saturated heterocycles. The van der Waals surface area contributed by atoms with Gasteiger partial charge in [-0.15, -0.1) is 0 Å². The van der Waals surface area contributed by atoms with Gasteiger partial charge in [0, 0.05) is 11.8 Å². The number of rotatable bonds is 3. The number of nitrogens with one attached hydrogen (secondary N) is 2. The number of alkyl halides is 3. The first-order valence-electron chi connectivity index (χ1n) is 6.07. The molecule has 2 rings (SSSR count). The maximum Gasteiger partial charge on any atom is 0.431 e. The van der Waals surface area contributed by atoms with Gasteiger partial charge < -0.3 is 15.0 Å². The molecular weight excluding hydrogens is 301 g/mol. The van der Waals surface area contributed by atoms with E-state index in [1.54, 1.807) is 23.2 Å². The first kappa shape index (κ1) is 15.6. The zero-order chi connectivity index (χ0) is 16.3. The average molecular weight is 312 g/mol. The van der Waals surface area contributed by atoms with E-state index in [9.17, 15) is 22.8 Å². The molecule has 0 atom stereocenters. The van der Waals surface area contributed by atoms with E-state index in [1.165, 1.54) is 13.2 Å². The summed E-state index contributed by atoms with van der Waals surface area (Å²) < 4.78 is 42.3. The van der Waals surface area contributed by atoms with Crippen LogP contribution in [-0.2, 0) is 6.18 Å². The average Bonchev–Trinajstić information content (AvgIpc) is 2.46. The van der Waals surface area contributed by atoms with Gasteiger partial charge in [-0.3, -0.25) is 9.59 Å². The normalized spacial score (nSPS) is 11.1. The third-order valence-corrected chi connectivity index (χ3v) is 2.79. The van der Waals surface area contributed by atoms with Crippen LogP contribution in [0.3, 0.4) is 0 Å². The number of hydrogen-bond donors (Lipinski definition) is 2. The van der Waals surface area contributed by atoms with Gasteiger partial charge in [0.2, 0.25) is 0 Å². The number of amides is 1. The number of halogens is 3. The maximum atomic E-state index is 12.4. The molecule has 0 unspecified atom stereocenters. The predicted molar refractivity (Wildman–Crippen MR) is 73.0 cm³/mol. The first-order valence-corrected chi connectivity index (χ1v) is 6.07. The fraction of sp³-hybridized carbons (Fsp3) is 0.143. The van der Waals surface area contributed by atoms with E-state index in [0.29, 0.717) is 17.5 Å². The van der Waals surface area contributed by atoms with Crippen LogP contribution in [0.25, 0.3) is 0 Å². The zero-order valence-corrected chi connectivity index (χ0v) is 11.3. The molecule has 116 valence electrons. The third-order valence-electron chi connectivity index (χ3n) is 2.79. The van der Waals surface area contributed by atoms with Crippen molar-refractivity contribution in [1.29, 1.82) is 0 Å². The summed E-state index contributed by atoms with van der Waals surface area (Å²) in [4.78, 5) is 25.2. The third kappa shape index (κ3) is 3.46. The van der Waals surface area contributed by atoms with E-state index in [-0.39, 0.29) is 0 Å². The van der Waals surface area contributed by atoms with Crippen LogP contribution in [0.4, 0.5) is 18.9 Å². The molecule has 2 aromatic rings. The van der Waals surface area contributed by atoms with Crippen LogP contribution in [0.15, 0.2) is 41.2 Å². The largest absolute Gasteiger partial charge is 0.497 e. The SMILES string of the molecule is COc1cccc(NC(=O)c2ccc(C(F)(F)F)[nH]c2=O)c1. The van der Waals surface area contributed by atoms with Crippen LogP contribution in [0.2, 0.25) is 0 Å². The van der Waals surface area contributed by atoms with Crippen molar-refractivity contribution in [1.82, 2.24) is 4.98 Å². The van der Waals surface area contributed by atoms with Crippen LogP contribution in [-0.4, -0.2) is 18.0 Å². The Morgan fingerprint density at radius 2 is 1.95 bits per heavy atom. The van der Waals surface area contributed by atoms with Crippen molar-refractivity contribution in [3.63, 3.8) is 0 Å². The molecule has 0 spiro atoms. The summed E-state index contributed by atoms with van der Waals surface area (Å²) in [6, 6.07) is 7.81. The van der Waals surface area contributed by atoms with Crippen molar-refractivity contribution in [3.05, 3.63) is 58.0 Å². The second-order valence-corrected chi connectivity index (χ2v) is 4.30. The lowest BCUT2D eigenvalue weighted by atomic mass is 10.2. The minimum Gasteiger partial charge on any atom is -0.497 e. The van der Waals surface area contributed by atoms with E-state index in [0.717, 1.165) is 6.07 Å². The number of hydrogen-bond acceptors (Lipinski definition) is 3. The van der Waals surface area contributed by atoms with E-state index < -0.39 is 28.9 Å². The topological polar surface area (TPSA) is 71.2 Å². The highest BCUT2D eigenvalue weighted by Gasteiger charge is 2.32. The Morgan fingerprint density at radius 1 is 1.23 bits per heavy atom. The van der Waals surface area contributed by atoms with E-state index >= 15 is 0 Å². The van der Waals surface area contributed by atoms with Crippen molar-refractivity contribution < 1.29 is 22.7 Å². The quantitative estimate of drug-likeness (QED) is 0.915. The molecule has 1 aromatic carbocycles. The smallest absolute Gasteiger partial charge is 0.431 e. The Kier molecular flexibility index (Phi) is 4.20. The number of carbonyl (C=O) groups is 1. The molecule has 0 radical (unpaired) electrons. The van der Waals surface area contributed by atoms with Gasteiger partial charge in [0.05, 0.1) is 7.11 Å². The highest BCUT2D eigenvalue weighted by atomic mass is 19.4. The fourth-order valence-electron chi connectivity index (χ4n) is 1.72.